The molecule has 118 valence electrons. The molecule has 3 amide bonds. The van der Waals surface area contributed by atoms with Gasteiger partial charge in [0.05, 0.1) is 17.3 Å². The van der Waals surface area contributed by atoms with Gasteiger partial charge in [0.1, 0.15) is 0 Å². The van der Waals surface area contributed by atoms with Gasteiger partial charge in [-0.3, -0.25) is 9.78 Å². The van der Waals surface area contributed by atoms with Gasteiger partial charge in [-0.25, -0.2) is 4.79 Å². The number of nitrogens with one attached hydrogen (secondary N) is 2. The molecule has 2 N–H and O–H groups in total. The number of likely N-dealkylation sites (tertiary alicyclic amines) is 1. The van der Waals surface area contributed by atoms with Crippen LogP contribution in [-0.4, -0.2) is 41.0 Å². The Bertz CT molecular complexity index is 559. The molecule has 2 aliphatic rings. The minimum Gasteiger partial charge on any atom is -0.339 e. The number of rotatable bonds is 5. The van der Waals surface area contributed by atoms with Gasteiger partial charge in [0.25, 0.3) is 0 Å². The van der Waals surface area contributed by atoms with Crippen LogP contribution in [0, 0.1) is 5.92 Å². The van der Waals surface area contributed by atoms with Crippen LogP contribution in [0.2, 0.25) is 5.02 Å². The third kappa shape index (κ3) is 3.88. The Kier molecular flexibility index (Phi) is 4.47. The van der Waals surface area contributed by atoms with Crippen molar-refractivity contribution in [2.24, 2.45) is 5.92 Å². The van der Waals surface area contributed by atoms with Crippen molar-refractivity contribution in [3.8, 4) is 0 Å². The number of hydrogen-bond donors (Lipinski definition) is 2. The smallest absolute Gasteiger partial charge is 0.315 e. The molecule has 0 unspecified atom stereocenters. The van der Waals surface area contributed by atoms with Crippen molar-refractivity contribution in [1.29, 1.82) is 0 Å². The van der Waals surface area contributed by atoms with E-state index in [2.05, 4.69) is 15.6 Å². The quantitative estimate of drug-likeness (QED) is 0.863. The Hall–Kier alpha value is -1.82. The molecule has 1 aromatic heterocycles. The van der Waals surface area contributed by atoms with Gasteiger partial charge in [-0.05, 0) is 25.0 Å². The van der Waals surface area contributed by atoms with Gasteiger partial charge >= 0.3 is 6.03 Å². The molecule has 7 heteroatoms. The summed E-state index contributed by atoms with van der Waals surface area (Å²) in [6.07, 6.45) is 4.34. The molecule has 0 spiro atoms. The molecule has 1 aliphatic carbocycles. The van der Waals surface area contributed by atoms with E-state index in [-0.39, 0.29) is 17.9 Å². The lowest BCUT2D eigenvalue weighted by molar-refractivity contribution is -0.128. The van der Waals surface area contributed by atoms with E-state index in [1.165, 1.54) is 0 Å². The maximum atomic E-state index is 11.8. The minimum atomic E-state index is -0.242. The van der Waals surface area contributed by atoms with Crippen molar-refractivity contribution in [2.75, 3.05) is 13.1 Å². The van der Waals surface area contributed by atoms with Gasteiger partial charge in [0.15, 0.2) is 0 Å². The molecule has 1 saturated carbocycles. The molecular weight excluding hydrogens is 304 g/mol. The normalized spacial score (nSPS) is 21.0. The van der Waals surface area contributed by atoms with Crippen LogP contribution in [0.4, 0.5) is 4.79 Å². The maximum absolute atomic E-state index is 11.8. The first-order valence-corrected chi connectivity index (χ1v) is 7.91. The van der Waals surface area contributed by atoms with Crippen LogP contribution in [0.5, 0.6) is 0 Å². The lowest BCUT2D eigenvalue weighted by atomic mass is 10.1. The molecule has 2 heterocycles. The van der Waals surface area contributed by atoms with Crippen molar-refractivity contribution in [3.05, 3.63) is 29.0 Å². The van der Waals surface area contributed by atoms with Gasteiger partial charge < -0.3 is 15.5 Å². The highest BCUT2D eigenvalue weighted by molar-refractivity contribution is 6.30. The SMILES string of the molecule is O=C(NCc1ccc(Cl)cn1)NC[C@H]1CC(=O)N(C2CC2)C1. The fraction of sp³-hybridized carbons (Fsp3) is 0.533. The number of halogens is 1. The Morgan fingerprint density at radius 1 is 1.36 bits per heavy atom. The molecular formula is C15H19ClN4O2. The Labute approximate surface area is 134 Å². The summed E-state index contributed by atoms with van der Waals surface area (Å²) < 4.78 is 0. The lowest BCUT2D eigenvalue weighted by Gasteiger charge is -2.15. The number of nitrogens with zero attached hydrogens (tertiary/aromatic N) is 2. The van der Waals surface area contributed by atoms with E-state index >= 15 is 0 Å². The van der Waals surface area contributed by atoms with E-state index in [1.54, 1.807) is 18.3 Å². The summed E-state index contributed by atoms with van der Waals surface area (Å²) in [6, 6.07) is 3.72. The molecule has 1 aromatic rings. The molecule has 1 aliphatic heterocycles. The van der Waals surface area contributed by atoms with Crippen molar-refractivity contribution in [3.63, 3.8) is 0 Å². The molecule has 0 aromatic carbocycles. The summed E-state index contributed by atoms with van der Waals surface area (Å²) in [6.45, 7) is 1.64. The number of carbonyl (C=O) groups is 2. The summed E-state index contributed by atoms with van der Waals surface area (Å²) in [5, 5.41) is 6.14. The van der Waals surface area contributed by atoms with Crippen LogP contribution in [-0.2, 0) is 11.3 Å². The molecule has 0 bridgehead atoms. The van der Waals surface area contributed by atoms with E-state index in [9.17, 15) is 9.59 Å². The zero-order valence-electron chi connectivity index (χ0n) is 12.2. The molecule has 3 rings (SSSR count). The summed E-state index contributed by atoms with van der Waals surface area (Å²) >= 11 is 5.75. The third-order valence-electron chi connectivity index (χ3n) is 4.00. The maximum Gasteiger partial charge on any atom is 0.315 e. The van der Waals surface area contributed by atoms with E-state index in [0.29, 0.717) is 30.6 Å². The largest absolute Gasteiger partial charge is 0.339 e. The van der Waals surface area contributed by atoms with Gasteiger partial charge in [0.2, 0.25) is 5.91 Å². The number of hydrogen-bond acceptors (Lipinski definition) is 3. The fourth-order valence-corrected chi connectivity index (χ4v) is 2.78. The number of carbonyl (C=O) groups excluding carboxylic acids is 2. The van der Waals surface area contributed by atoms with Gasteiger partial charge in [0, 0.05) is 37.7 Å². The highest BCUT2D eigenvalue weighted by Crippen LogP contribution is 2.32. The first-order chi connectivity index (χ1) is 10.6. The molecule has 0 radical (unpaired) electrons. The predicted molar refractivity (Wildman–Crippen MR) is 82.3 cm³/mol. The van der Waals surface area contributed by atoms with Crippen molar-refractivity contribution in [1.82, 2.24) is 20.5 Å². The first kappa shape index (κ1) is 15.1. The van der Waals surface area contributed by atoms with Crippen LogP contribution in [0.1, 0.15) is 25.0 Å². The standard InChI is InChI=1S/C15H19ClN4O2/c16-11-1-2-12(17-7-11)8-19-15(22)18-6-10-5-14(21)20(9-10)13-3-4-13/h1-2,7,10,13H,3-6,8-9H2,(H2,18,19,22)/t10-/m1/s1. The second-order valence-electron chi connectivity index (χ2n) is 5.88. The second-order valence-corrected chi connectivity index (χ2v) is 6.32. The third-order valence-corrected chi connectivity index (χ3v) is 4.22. The van der Waals surface area contributed by atoms with E-state index < -0.39 is 0 Å². The zero-order chi connectivity index (χ0) is 15.5. The lowest BCUT2D eigenvalue weighted by Crippen LogP contribution is -2.38. The van der Waals surface area contributed by atoms with Crippen LogP contribution in [0.25, 0.3) is 0 Å². The molecule has 1 saturated heterocycles. The topological polar surface area (TPSA) is 74.3 Å². The Balaban J connectivity index is 1.37. The monoisotopic (exact) mass is 322 g/mol. The van der Waals surface area contributed by atoms with Gasteiger partial charge in [-0.1, -0.05) is 11.6 Å². The van der Waals surface area contributed by atoms with Crippen LogP contribution >= 0.6 is 11.6 Å². The molecule has 1 atom stereocenters. The van der Waals surface area contributed by atoms with Gasteiger partial charge in [-0.2, -0.15) is 0 Å². The number of amides is 3. The van der Waals surface area contributed by atoms with Crippen molar-refractivity contribution in [2.45, 2.75) is 31.8 Å². The minimum absolute atomic E-state index is 0.215. The molecule has 22 heavy (non-hydrogen) atoms. The zero-order valence-corrected chi connectivity index (χ0v) is 13.0. The highest BCUT2D eigenvalue weighted by atomic mass is 35.5. The van der Waals surface area contributed by atoms with Crippen LogP contribution < -0.4 is 10.6 Å². The van der Waals surface area contributed by atoms with E-state index in [1.807, 2.05) is 4.90 Å². The van der Waals surface area contributed by atoms with Crippen molar-refractivity contribution >= 4 is 23.5 Å². The number of urea groups is 1. The summed E-state index contributed by atoms with van der Waals surface area (Å²) in [5.41, 5.74) is 0.746. The predicted octanol–water partition coefficient (Wildman–Crippen LogP) is 1.55. The van der Waals surface area contributed by atoms with E-state index in [0.717, 1.165) is 25.1 Å². The average Bonchev–Trinajstić information content (AvgIpc) is 3.28. The Morgan fingerprint density at radius 3 is 2.86 bits per heavy atom. The molecule has 2 fully saturated rings. The highest BCUT2D eigenvalue weighted by Gasteiger charge is 2.39. The first-order valence-electron chi connectivity index (χ1n) is 7.53. The van der Waals surface area contributed by atoms with Crippen molar-refractivity contribution < 1.29 is 9.59 Å². The number of pyridine rings is 1. The van der Waals surface area contributed by atoms with Gasteiger partial charge in [-0.15, -0.1) is 0 Å². The second kappa shape index (κ2) is 6.52. The number of aromatic nitrogens is 1. The summed E-state index contributed by atoms with van der Waals surface area (Å²) in [4.78, 5) is 29.7. The summed E-state index contributed by atoms with van der Waals surface area (Å²) in [5.74, 6) is 0.438. The Morgan fingerprint density at radius 2 is 2.18 bits per heavy atom. The van der Waals surface area contributed by atoms with E-state index in [4.69, 9.17) is 11.6 Å². The van der Waals surface area contributed by atoms with Crippen LogP contribution in [0.3, 0.4) is 0 Å². The van der Waals surface area contributed by atoms with Crippen LogP contribution in [0.15, 0.2) is 18.3 Å². The summed E-state index contributed by atoms with van der Waals surface area (Å²) in [7, 11) is 0. The average molecular weight is 323 g/mol. The molecule has 6 nitrogen and oxygen atoms in total. The fourth-order valence-electron chi connectivity index (χ4n) is 2.67.